The molecule has 1 N–H and O–H groups in total. The maximum Gasteiger partial charge on any atom is 0.225 e. The van der Waals surface area contributed by atoms with Crippen molar-refractivity contribution in [2.45, 2.75) is 45.6 Å². The van der Waals surface area contributed by atoms with E-state index in [0.29, 0.717) is 6.42 Å². The van der Waals surface area contributed by atoms with Crippen molar-refractivity contribution in [2.75, 3.05) is 0 Å². The van der Waals surface area contributed by atoms with Crippen molar-refractivity contribution in [1.82, 2.24) is 5.32 Å². The van der Waals surface area contributed by atoms with Crippen molar-refractivity contribution in [2.24, 2.45) is 0 Å². The molecule has 0 unspecified atom stereocenters. The average molecular weight is 243 g/mol. The van der Waals surface area contributed by atoms with Crippen LogP contribution >= 0.6 is 0 Å². The Morgan fingerprint density at radius 2 is 1.94 bits per heavy atom. The van der Waals surface area contributed by atoms with Gasteiger partial charge in [-0.25, -0.2) is 0 Å². The molecule has 2 nitrogen and oxygen atoms in total. The molecular formula is C16H21NO. The first-order chi connectivity index (χ1) is 8.56. The maximum absolute atomic E-state index is 12.1. The zero-order valence-electron chi connectivity index (χ0n) is 11.4. The summed E-state index contributed by atoms with van der Waals surface area (Å²) >= 11 is 0. The number of carbonyl (C=O) groups excluding carboxylic acids is 1. The average Bonchev–Trinajstić information content (AvgIpc) is 2.39. The summed E-state index contributed by atoms with van der Waals surface area (Å²) in [6, 6.07) is 7.91. The number of carbonyl (C=O) groups is 1. The third-order valence-corrected chi connectivity index (χ3v) is 3.47. The standard InChI is InChI=1S/C16H21NO/c1-5-16(6-2,7-3)17-15(18)12-14-11-9-8-10-13(14)4/h1,8-11H,6-7,12H2,2-4H3,(H,17,18). The zero-order valence-corrected chi connectivity index (χ0v) is 11.4. The molecular weight excluding hydrogens is 222 g/mol. The molecule has 1 amide bonds. The van der Waals surface area contributed by atoms with Crippen LogP contribution in [0.2, 0.25) is 0 Å². The van der Waals surface area contributed by atoms with Gasteiger partial charge in [0.15, 0.2) is 0 Å². The normalized spacial score (nSPS) is 10.8. The van der Waals surface area contributed by atoms with Gasteiger partial charge in [0.25, 0.3) is 0 Å². The van der Waals surface area contributed by atoms with Gasteiger partial charge in [0.2, 0.25) is 5.91 Å². The molecule has 0 saturated carbocycles. The molecule has 0 heterocycles. The van der Waals surface area contributed by atoms with E-state index in [9.17, 15) is 4.79 Å². The van der Waals surface area contributed by atoms with Crippen molar-refractivity contribution >= 4 is 5.91 Å². The van der Waals surface area contributed by atoms with E-state index in [1.165, 1.54) is 0 Å². The third kappa shape index (κ3) is 3.37. The molecule has 1 aromatic carbocycles. The number of hydrogen-bond donors (Lipinski definition) is 1. The Balaban J connectivity index is 2.74. The lowest BCUT2D eigenvalue weighted by atomic mass is 9.93. The van der Waals surface area contributed by atoms with Crippen LogP contribution in [-0.2, 0) is 11.2 Å². The minimum atomic E-state index is -0.500. The topological polar surface area (TPSA) is 29.1 Å². The first kappa shape index (κ1) is 14.3. The molecule has 0 aliphatic carbocycles. The summed E-state index contributed by atoms with van der Waals surface area (Å²) in [6.07, 6.45) is 7.42. The maximum atomic E-state index is 12.1. The highest BCUT2D eigenvalue weighted by Crippen LogP contribution is 2.14. The van der Waals surface area contributed by atoms with E-state index < -0.39 is 5.54 Å². The van der Waals surface area contributed by atoms with Crippen molar-refractivity contribution in [3.8, 4) is 12.3 Å². The highest BCUT2D eigenvalue weighted by Gasteiger charge is 2.25. The largest absolute Gasteiger partial charge is 0.340 e. The predicted octanol–water partition coefficient (Wildman–Crippen LogP) is 2.85. The Labute approximate surface area is 110 Å². The molecule has 18 heavy (non-hydrogen) atoms. The van der Waals surface area contributed by atoms with Crippen LogP contribution in [0.3, 0.4) is 0 Å². The van der Waals surface area contributed by atoms with Gasteiger partial charge < -0.3 is 5.32 Å². The minimum Gasteiger partial charge on any atom is -0.340 e. The molecule has 0 radical (unpaired) electrons. The number of benzene rings is 1. The molecule has 1 rings (SSSR count). The van der Waals surface area contributed by atoms with Gasteiger partial charge in [-0.3, -0.25) is 4.79 Å². The SMILES string of the molecule is C#CC(CC)(CC)NC(=O)Cc1ccccc1C. The van der Waals surface area contributed by atoms with Gasteiger partial charge in [-0.05, 0) is 30.9 Å². The van der Waals surface area contributed by atoms with Gasteiger partial charge in [-0.1, -0.05) is 44.0 Å². The monoisotopic (exact) mass is 243 g/mol. The number of rotatable bonds is 5. The van der Waals surface area contributed by atoms with Crippen molar-refractivity contribution in [3.05, 3.63) is 35.4 Å². The van der Waals surface area contributed by atoms with Gasteiger partial charge in [0.05, 0.1) is 6.42 Å². The summed E-state index contributed by atoms with van der Waals surface area (Å²) < 4.78 is 0. The number of aryl methyl sites for hydroxylation is 1. The molecule has 0 aliphatic rings. The summed E-state index contributed by atoms with van der Waals surface area (Å²) in [5.74, 6) is 2.71. The number of nitrogens with one attached hydrogen (secondary N) is 1. The molecule has 0 fully saturated rings. The van der Waals surface area contributed by atoms with Crippen LogP contribution in [0.4, 0.5) is 0 Å². The van der Waals surface area contributed by atoms with Crippen LogP contribution in [-0.4, -0.2) is 11.4 Å². The van der Waals surface area contributed by atoms with Crippen LogP contribution in [0.25, 0.3) is 0 Å². The Hall–Kier alpha value is -1.75. The fourth-order valence-corrected chi connectivity index (χ4v) is 1.96. The lowest BCUT2D eigenvalue weighted by molar-refractivity contribution is -0.121. The molecule has 0 atom stereocenters. The second kappa shape index (κ2) is 6.26. The Bertz CT molecular complexity index is 452. The number of amides is 1. The van der Waals surface area contributed by atoms with Crippen LogP contribution in [0, 0.1) is 19.3 Å². The number of terminal acetylenes is 1. The summed E-state index contributed by atoms with van der Waals surface area (Å²) in [5.41, 5.74) is 1.68. The third-order valence-electron chi connectivity index (χ3n) is 3.47. The lowest BCUT2D eigenvalue weighted by Crippen LogP contribution is -2.47. The number of hydrogen-bond acceptors (Lipinski definition) is 1. The molecule has 0 aliphatic heterocycles. The molecule has 0 spiro atoms. The minimum absolute atomic E-state index is 0.00838. The summed E-state index contributed by atoms with van der Waals surface area (Å²) in [5, 5.41) is 2.98. The van der Waals surface area contributed by atoms with E-state index in [-0.39, 0.29) is 5.91 Å². The highest BCUT2D eigenvalue weighted by molar-refractivity contribution is 5.80. The molecule has 96 valence electrons. The van der Waals surface area contributed by atoms with Gasteiger partial charge >= 0.3 is 0 Å². The quantitative estimate of drug-likeness (QED) is 0.792. The van der Waals surface area contributed by atoms with Crippen LogP contribution in [0.1, 0.15) is 37.8 Å². The van der Waals surface area contributed by atoms with E-state index in [0.717, 1.165) is 24.0 Å². The van der Waals surface area contributed by atoms with E-state index in [4.69, 9.17) is 6.42 Å². The van der Waals surface area contributed by atoms with Crippen molar-refractivity contribution < 1.29 is 4.79 Å². The van der Waals surface area contributed by atoms with E-state index in [2.05, 4.69) is 11.2 Å². The van der Waals surface area contributed by atoms with E-state index >= 15 is 0 Å². The summed E-state index contributed by atoms with van der Waals surface area (Å²) in [4.78, 5) is 12.1. The molecule has 2 heteroatoms. The van der Waals surface area contributed by atoms with Crippen molar-refractivity contribution in [1.29, 1.82) is 0 Å². The van der Waals surface area contributed by atoms with Gasteiger partial charge in [-0.2, -0.15) is 0 Å². The van der Waals surface area contributed by atoms with E-state index in [1.807, 2.05) is 45.0 Å². The predicted molar refractivity (Wildman–Crippen MR) is 75.2 cm³/mol. The van der Waals surface area contributed by atoms with Gasteiger partial charge in [0, 0.05) is 0 Å². The summed E-state index contributed by atoms with van der Waals surface area (Å²) in [7, 11) is 0. The van der Waals surface area contributed by atoms with Crippen LogP contribution < -0.4 is 5.32 Å². The van der Waals surface area contributed by atoms with Crippen LogP contribution in [0.5, 0.6) is 0 Å². The van der Waals surface area contributed by atoms with Gasteiger partial charge in [0.1, 0.15) is 5.54 Å². The van der Waals surface area contributed by atoms with Crippen LogP contribution in [0.15, 0.2) is 24.3 Å². The van der Waals surface area contributed by atoms with E-state index in [1.54, 1.807) is 0 Å². The second-order valence-corrected chi connectivity index (χ2v) is 4.58. The zero-order chi connectivity index (χ0) is 13.6. The fraction of sp³-hybridized carbons (Fsp3) is 0.438. The molecule has 0 bridgehead atoms. The first-order valence-corrected chi connectivity index (χ1v) is 6.40. The van der Waals surface area contributed by atoms with Crippen molar-refractivity contribution in [3.63, 3.8) is 0 Å². The molecule has 1 aromatic rings. The smallest absolute Gasteiger partial charge is 0.225 e. The molecule has 0 aromatic heterocycles. The Morgan fingerprint density at radius 1 is 1.33 bits per heavy atom. The summed E-state index contributed by atoms with van der Waals surface area (Å²) in [6.45, 7) is 6.01. The molecule has 0 saturated heterocycles. The fourth-order valence-electron chi connectivity index (χ4n) is 1.96. The highest BCUT2D eigenvalue weighted by atomic mass is 16.1. The second-order valence-electron chi connectivity index (χ2n) is 4.58. The first-order valence-electron chi connectivity index (χ1n) is 6.40. The Morgan fingerprint density at radius 3 is 2.44 bits per heavy atom. The lowest BCUT2D eigenvalue weighted by Gasteiger charge is -2.27. The Kier molecular flexibility index (Phi) is 4.97. The van der Waals surface area contributed by atoms with Gasteiger partial charge in [-0.15, -0.1) is 6.42 Å².